The first-order chi connectivity index (χ1) is 6.27. The third-order valence-corrected chi connectivity index (χ3v) is 2.00. The Kier molecular flexibility index (Phi) is 3.33. The molecular weight excluding hydrogens is 162 g/mol. The summed E-state index contributed by atoms with van der Waals surface area (Å²) < 4.78 is 5.18. The summed E-state index contributed by atoms with van der Waals surface area (Å²) in [6.45, 7) is 2.01. The normalized spacial score (nSPS) is 9.31. The van der Waals surface area contributed by atoms with Crippen molar-refractivity contribution in [3.8, 4) is 11.8 Å². The molecule has 13 heavy (non-hydrogen) atoms. The highest BCUT2D eigenvalue weighted by Gasteiger charge is 1.99. The van der Waals surface area contributed by atoms with E-state index >= 15 is 0 Å². The summed E-state index contributed by atoms with van der Waals surface area (Å²) in [7, 11) is 1.66. The molecule has 0 radical (unpaired) electrons. The molecule has 68 valence electrons. The molecule has 1 aromatic carbocycles. The second-order valence-corrected chi connectivity index (χ2v) is 2.96. The lowest BCUT2D eigenvalue weighted by Gasteiger charge is -2.05. The number of nitriles is 1. The van der Waals surface area contributed by atoms with Gasteiger partial charge in [0.05, 0.1) is 13.2 Å². The molecule has 0 aliphatic rings. The molecule has 1 rings (SSSR count). The molecule has 0 N–H and O–H groups in total. The van der Waals surface area contributed by atoms with Crippen LogP contribution in [-0.4, -0.2) is 7.11 Å². The van der Waals surface area contributed by atoms with Gasteiger partial charge in [0.15, 0.2) is 0 Å². The maximum absolute atomic E-state index is 8.43. The molecule has 0 bridgehead atoms. The van der Waals surface area contributed by atoms with E-state index in [1.165, 1.54) is 0 Å². The van der Waals surface area contributed by atoms with Gasteiger partial charge in [0, 0.05) is 6.42 Å². The van der Waals surface area contributed by atoms with Gasteiger partial charge in [-0.3, -0.25) is 0 Å². The van der Waals surface area contributed by atoms with Crippen LogP contribution in [0.2, 0.25) is 0 Å². The molecule has 0 amide bonds. The summed E-state index contributed by atoms with van der Waals surface area (Å²) in [6.07, 6.45) is 1.36. The van der Waals surface area contributed by atoms with Crippen molar-refractivity contribution < 1.29 is 4.74 Å². The molecule has 0 spiro atoms. The van der Waals surface area contributed by atoms with Crippen LogP contribution < -0.4 is 4.74 Å². The second-order valence-electron chi connectivity index (χ2n) is 2.96. The zero-order valence-corrected chi connectivity index (χ0v) is 8.00. The predicted molar refractivity (Wildman–Crippen MR) is 51.7 cm³/mol. The van der Waals surface area contributed by atoms with E-state index in [4.69, 9.17) is 10.00 Å². The summed E-state index contributed by atoms with van der Waals surface area (Å²) in [5.74, 6) is 0.899. The monoisotopic (exact) mass is 175 g/mol. The van der Waals surface area contributed by atoms with Crippen molar-refractivity contribution in [1.29, 1.82) is 5.26 Å². The van der Waals surface area contributed by atoms with E-state index in [1.54, 1.807) is 7.11 Å². The van der Waals surface area contributed by atoms with Crippen molar-refractivity contribution >= 4 is 0 Å². The van der Waals surface area contributed by atoms with Crippen LogP contribution in [0.3, 0.4) is 0 Å². The highest BCUT2D eigenvalue weighted by Crippen LogP contribution is 2.19. The summed E-state index contributed by atoms with van der Waals surface area (Å²) >= 11 is 0. The smallest absolute Gasteiger partial charge is 0.122 e. The van der Waals surface area contributed by atoms with Gasteiger partial charge in [0.1, 0.15) is 5.75 Å². The maximum Gasteiger partial charge on any atom is 0.122 e. The number of aryl methyl sites for hydroxylation is 2. The van der Waals surface area contributed by atoms with Crippen LogP contribution in [0, 0.1) is 18.3 Å². The maximum atomic E-state index is 8.43. The van der Waals surface area contributed by atoms with Crippen molar-refractivity contribution in [1.82, 2.24) is 0 Å². The van der Waals surface area contributed by atoms with Crippen molar-refractivity contribution in [2.24, 2.45) is 0 Å². The Morgan fingerprint density at radius 3 is 2.85 bits per heavy atom. The number of hydrogen-bond acceptors (Lipinski definition) is 2. The van der Waals surface area contributed by atoms with Crippen molar-refractivity contribution in [2.75, 3.05) is 7.11 Å². The molecule has 2 nitrogen and oxygen atoms in total. The summed E-state index contributed by atoms with van der Waals surface area (Å²) in [5, 5.41) is 8.43. The summed E-state index contributed by atoms with van der Waals surface area (Å²) in [5.41, 5.74) is 2.28. The van der Waals surface area contributed by atoms with Crippen molar-refractivity contribution in [2.45, 2.75) is 19.8 Å². The van der Waals surface area contributed by atoms with Crippen molar-refractivity contribution in [3.63, 3.8) is 0 Å². The van der Waals surface area contributed by atoms with Crippen LogP contribution in [0.1, 0.15) is 17.5 Å². The Hall–Kier alpha value is -1.49. The number of rotatable bonds is 3. The van der Waals surface area contributed by atoms with Gasteiger partial charge in [-0.05, 0) is 30.5 Å². The summed E-state index contributed by atoms with van der Waals surface area (Å²) in [6, 6.07) is 8.18. The van der Waals surface area contributed by atoms with Gasteiger partial charge >= 0.3 is 0 Å². The predicted octanol–water partition coefficient (Wildman–Crippen LogP) is 2.46. The fourth-order valence-corrected chi connectivity index (χ4v) is 1.22. The van der Waals surface area contributed by atoms with Crippen LogP contribution in [0.5, 0.6) is 5.75 Å². The fraction of sp³-hybridized carbons (Fsp3) is 0.364. The highest BCUT2D eigenvalue weighted by atomic mass is 16.5. The standard InChI is InChI=1S/C11H13NO/c1-9-5-6-10(4-3-7-12)8-11(9)13-2/h5-6,8H,3-4H2,1-2H3. The molecular formula is C11H13NO. The molecule has 0 atom stereocenters. The number of ether oxygens (including phenoxy) is 1. The SMILES string of the molecule is COc1cc(CCC#N)ccc1C. The van der Waals surface area contributed by atoms with Crippen molar-refractivity contribution in [3.05, 3.63) is 29.3 Å². The second kappa shape index (κ2) is 4.51. The van der Waals surface area contributed by atoms with E-state index < -0.39 is 0 Å². The van der Waals surface area contributed by atoms with Gasteiger partial charge in [-0.15, -0.1) is 0 Å². The largest absolute Gasteiger partial charge is 0.496 e. The first kappa shape index (κ1) is 9.60. The minimum Gasteiger partial charge on any atom is -0.496 e. The van der Waals surface area contributed by atoms with Gasteiger partial charge in [-0.2, -0.15) is 5.26 Å². The zero-order valence-electron chi connectivity index (χ0n) is 8.00. The minimum atomic E-state index is 0.562. The van der Waals surface area contributed by atoms with Gasteiger partial charge in [0.25, 0.3) is 0 Å². The molecule has 2 heteroatoms. The third-order valence-electron chi connectivity index (χ3n) is 2.00. The minimum absolute atomic E-state index is 0.562. The van der Waals surface area contributed by atoms with E-state index in [2.05, 4.69) is 6.07 Å². The number of nitrogens with zero attached hydrogens (tertiary/aromatic N) is 1. The van der Waals surface area contributed by atoms with E-state index in [1.807, 2.05) is 25.1 Å². The molecule has 0 saturated carbocycles. The van der Waals surface area contributed by atoms with Crippen LogP contribution in [-0.2, 0) is 6.42 Å². The van der Waals surface area contributed by atoms with E-state index in [-0.39, 0.29) is 0 Å². The molecule has 0 saturated heterocycles. The Balaban J connectivity index is 2.81. The van der Waals surface area contributed by atoms with Gasteiger partial charge in [-0.25, -0.2) is 0 Å². The number of benzene rings is 1. The van der Waals surface area contributed by atoms with Gasteiger partial charge in [0.2, 0.25) is 0 Å². The van der Waals surface area contributed by atoms with Crippen LogP contribution in [0.15, 0.2) is 18.2 Å². The lowest BCUT2D eigenvalue weighted by molar-refractivity contribution is 0.411. The number of methoxy groups -OCH3 is 1. The van der Waals surface area contributed by atoms with Gasteiger partial charge in [-0.1, -0.05) is 12.1 Å². The van der Waals surface area contributed by atoms with Crippen LogP contribution in [0.25, 0.3) is 0 Å². The zero-order chi connectivity index (χ0) is 9.68. The lowest BCUT2D eigenvalue weighted by atomic mass is 10.1. The Bertz CT molecular complexity index is 325. The number of hydrogen-bond donors (Lipinski definition) is 0. The third kappa shape index (κ3) is 2.48. The average Bonchev–Trinajstić information content (AvgIpc) is 2.16. The van der Waals surface area contributed by atoms with E-state index in [0.29, 0.717) is 6.42 Å². The lowest BCUT2D eigenvalue weighted by Crippen LogP contribution is -1.90. The topological polar surface area (TPSA) is 33.0 Å². The van der Waals surface area contributed by atoms with Gasteiger partial charge < -0.3 is 4.74 Å². The van der Waals surface area contributed by atoms with Crippen LogP contribution >= 0.6 is 0 Å². The first-order valence-electron chi connectivity index (χ1n) is 4.28. The first-order valence-corrected chi connectivity index (χ1v) is 4.28. The highest BCUT2D eigenvalue weighted by molar-refractivity contribution is 5.36. The summed E-state index contributed by atoms with van der Waals surface area (Å²) in [4.78, 5) is 0. The molecule has 0 aliphatic carbocycles. The Morgan fingerprint density at radius 2 is 2.23 bits per heavy atom. The molecule has 0 heterocycles. The molecule has 0 fully saturated rings. The Labute approximate surface area is 78.8 Å². The van der Waals surface area contributed by atoms with E-state index in [0.717, 1.165) is 23.3 Å². The molecule has 1 aromatic rings. The molecule has 0 aromatic heterocycles. The van der Waals surface area contributed by atoms with E-state index in [9.17, 15) is 0 Å². The molecule has 0 unspecified atom stereocenters. The quantitative estimate of drug-likeness (QED) is 0.707. The Morgan fingerprint density at radius 1 is 1.46 bits per heavy atom. The average molecular weight is 175 g/mol. The molecule has 0 aliphatic heterocycles. The fourth-order valence-electron chi connectivity index (χ4n) is 1.22. The van der Waals surface area contributed by atoms with Crippen LogP contribution in [0.4, 0.5) is 0 Å².